The molecule has 1 aromatic rings. The summed E-state index contributed by atoms with van der Waals surface area (Å²) in [6, 6.07) is 5.38. The molecule has 1 fully saturated rings. The summed E-state index contributed by atoms with van der Waals surface area (Å²) in [7, 11) is 1.95. The van der Waals surface area contributed by atoms with E-state index in [2.05, 4.69) is 28.2 Å². The molecule has 0 bridgehead atoms. The van der Waals surface area contributed by atoms with Gasteiger partial charge in [-0.05, 0) is 67.2 Å². The molecule has 0 radical (unpaired) electrons. The topological polar surface area (TPSA) is 21.3 Å². The van der Waals surface area contributed by atoms with Gasteiger partial charge >= 0.3 is 0 Å². The minimum Gasteiger partial charge on any atom is -0.374 e. The Hall–Kier alpha value is -0.450. The molecular weight excluding hydrogens is 309 g/mol. The average molecular weight is 330 g/mol. The summed E-state index contributed by atoms with van der Waals surface area (Å²) in [5.74, 6) is -0.206. The summed E-state index contributed by atoms with van der Waals surface area (Å²) in [5.41, 5.74) is 0.813. The van der Waals surface area contributed by atoms with E-state index < -0.39 is 0 Å². The van der Waals surface area contributed by atoms with E-state index in [-0.39, 0.29) is 17.5 Å². The molecule has 1 saturated heterocycles. The first-order valence-corrected chi connectivity index (χ1v) is 7.60. The van der Waals surface area contributed by atoms with Gasteiger partial charge in [-0.1, -0.05) is 12.1 Å². The van der Waals surface area contributed by atoms with E-state index in [1.165, 1.54) is 12.5 Å². The number of halogens is 2. The molecule has 0 amide bonds. The highest BCUT2D eigenvalue weighted by atomic mass is 79.9. The van der Waals surface area contributed by atoms with Gasteiger partial charge in [0, 0.05) is 12.6 Å². The zero-order valence-electron chi connectivity index (χ0n) is 11.5. The van der Waals surface area contributed by atoms with E-state index >= 15 is 0 Å². The molecule has 19 heavy (non-hydrogen) atoms. The highest BCUT2D eigenvalue weighted by Gasteiger charge is 2.36. The Balaban J connectivity index is 2.16. The van der Waals surface area contributed by atoms with Crippen molar-refractivity contribution in [2.24, 2.45) is 0 Å². The number of hydrogen-bond acceptors (Lipinski definition) is 2. The molecule has 1 heterocycles. The first kappa shape index (κ1) is 14.9. The Morgan fingerprint density at radius 3 is 2.89 bits per heavy atom. The van der Waals surface area contributed by atoms with Gasteiger partial charge in [-0.25, -0.2) is 4.39 Å². The Morgan fingerprint density at radius 1 is 1.47 bits per heavy atom. The third-order valence-corrected chi connectivity index (χ3v) is 4.93. The van der Waals surface area contributed by atoms with Crippen LogP contribution >= 0.6 is 15.9 Å². The van der Waals surface area contributed by atoms with Gasteiger partial charge in [-0.2, -0.15) is 0 Å². The summed E-state index contributed by atoms with van der Waals surface area (Å²) < 4.78 is 20.1. The quantitative estimate of drug-likeness (QED) is 0.909. The second-order valence-corrected chi connectivity index (χ2v) is 6.17. The molecule has 0 aliphatic carbocycles. The van der Waals surface area contributed by atoms with Gasteiger partial charge in [0.1, 0.15) is 5.82 Å². The second kappa shape index (κ2) is 6.33. The number of nitrogens with one attached hydrogen (secondary N) is 1. The van der Waals surface area contributed by atoms with Gasteiger partial charge in [0.15, 0.2) is 0 Å². The summed E-state index contributed by atoms with van der Waals surface area (Å²) in [6.45, 7) is 2.97. The predicted octanol–water partition coefficient (Wildman–Crippen LogP) is 3.68. The van der Waals surface area contributed by atoms with Crippen molar-refractivity contribution >= 4 is 15.9 Å². The van der Waals surface area contributed by atoms with Crippen molar-refractivity contribution in [3.63, 3.8) is 0 Å². The molecule has 1 aliphatic heterocycles. The highest BCUT2D eigenvalue weighted by molar-refractivity contribution is 9.10. The number of likely N-dealkylation sites (N-methyl/N-ethyl adjacent to an activating group) is 1. The van der Waals surface area contributed by atoms with Gasteiger partial charge in [-0.3, -0.25) is 0 Å². The molecule has 0 saturated carbocycles. The van der Waals surface area contributed by atoms with Crippen molar-refractivity contribution in [1.82, 2.24) is 5.32 Å². The van der Waals surface area contributed by atoms with Crippen LogP contribution in [0.5, 0.6) is 0 Å². The number of ether oxygens (including phenoxy) is 1. The van der Waals surface area contributed by atoms with Crippen LogP contribution in [-0.2, 0) is 11.2 Å². The molecule has 0 aromatic heterocycles. The minimum atomic E-state index is -0.206. The maximum atomic E-state index is 13.6. The van der Waals surface area contributed by atoms with Crippen LogP contribution in [0, 0.1) is 5.82 Å². The summed E-state index contributed by atoms with van der Waals surface area (Å²) in [6.07, 6.45) is 4.13. The first-order chi connectivity index (χ1) is 9.07. The fourth-order valence-corrected chi connectivity index (χ4v) is 3.21. The van der Waals surface area contributed by atoms with Gasteiger partial charge in [0.05, 0.1) is 10.1 Å². The zero-order chi connectivity index (χ0) is 13.9. The van der Waals surface area contributed by atoms with Crippen LogP contribution in [0.3, 0.4) is 0 Å². The lowest BCUT2D eigenvalue weighted by molar-refractivity contribution is -0.0871. The molecule has 2 atom stereocenters. The summed E-state index contributed by atoms with van der Waals surface area (Å²) in [5, 5.41) is 3.34. The molecule has 1 aromatic carbocycles. The van der Waals surface area contributed by atoms with E-state index in [1.54, 1.807) is 6.07 Å². The SMILES string of the molecule is CNC(Cc1cccc(F)c1Br)C1(C)CCCCO1. The Kier molecular flexibility index (Phi) is 4.98. The first-order valence-electron chi connectivity index (χ1n) is 6.81. The normalized spacial score (nSPS) is 25.3. The van der Waals surface area contributed by atoms with Crippen molar-refractivity contribution in [3.8, 4) is 0 Å². The van der Waals surface area contributed by atoms with Crippen LogP contribution in [0.2, 0.25) is 0 Å². The number of benzene rings is 1. The Morgan fingerprint density at radius 2 is 2.26 bits per heavy atom. The van der Waals surface area contributed by atoms with E-state index in [0.717, 1.165) is 31.4 Å². The lowest BCUT2D eigenvalue weighted by Crippen LogP contribution is -2.52. The van der Waals surface area contributed by atoms with E-state index in [1.807, 2.05) is 13.1 Å². The summed E-state index contributed by atoms with van der Waals surface area (Å²) >= 11 is 3.34. The molecule has 2 rings (SSSR count). The maximum absolute atomic E-state index is 13.6. The zero-order valence-corrected chi connectivity index (χ0v) is 13.1. The molecule has 106 valence electrons. The largest absolute Gasteiger partial charge is 0.374 e. The van der Waals surface area contributed by atoms with Crippen LogP contribution in [0.25, 0.3) is 0 Å². The van der Waals surface area contributed by atoms with Crippen molar-refractivity contribution in [3.05, 3.63) is 34.1 Å². The maximum Gasteiger partial charge on any atom is 0.137 e. The van der Waals surface area contributed by atoms with Crippen molar-refractivity contribution in [2.75, 3.05) is 13.7 Å². The Labute approximate surface area is 122 Å². The van der Waals surface area contributed by atoms with Crippen LogP contribution in [0.15, 0.2) is 22.7 Å². The minimum absolute atomic E-state index is 0.168. The Bertz CT molecular complexity index is 432. The van der Waals surface area contributed by atoms with E-state index in [4.69, 9.17) is 4.74 Å². The third kappa shape index (κ3) is 3.36. The van der Waals surface area contributed by atoms with Crippen molar-refractivity contribution in [2.45, 2.75) is 44.2 Å². The lowest BCUT2D eigenvalue weighted by atomic mass is 9.85. The van der Waals surface area contributed by atoms with Crippen molar-refractivity contribution < 1.29 is 9.13 Å². The van der Waals surface area contributed by atoms with Gasteiger partial charge in [0.2, 0.25) is 0 Å². The predicted molar refractivity (Wildman–Crippen MR) is 78.9 cm³/mol. The number of rotatable bonds is 4. The van der Waals surface area contributed by atoms with Crippen LogP contribution < -0.4 is 5.32 Å². The molecule has 1 N–H and O–H groups in total. The smallest absolute Gasteiger partial charge is 0.137 e. The van der Waals surface area contributed by atoms with Crippen LogP contribution in [0.4, 0.5) is 4.39 Å². The average Bonchev–Trinajstić information content (AvgIpc) is 2.41. The monoisotopic (exact) mass is 329 g/mol. The van der Waals surface area contributed by atoms with Gasteiger partial charge in [0.25, 0.3) is 0 Å². The van der Waals surface area contributed by atoms with Gasteiger partial charge < -0.3 is 10.1 Å². The molecule has 0 spiro atoms. The van der Waals surface area contributed by atoms with Crippen LogP contribution in [-0.4, -0.2) is 25.3 Å². The fourth-order valence-electron chi connectivity index (χ4n) is 2.78. The van der Waals surface area contributed by atoms with E-state index in [0.29, 0.717) is 4.47 Å². The third-order valence-electron chi connectivity index (χ3n) is 4.04. The molecule has 2 nitrogen and oxygen atoms in total. The van der Waals surface area contributed by atoms with E-state index in [9.17, 15) is 4.39 Å². The highest BCUT2D eigenvalue weighted by Crippen LogP contribution is 2.31. The fraction of sp³-hybridized carbons (Fsp3) is 0.600. The number of hydrogen-bond donors (Lipinski definition) is 1. The van der Waals surface area contributed by atoms with Crippen molar-refractivity contribution in [1.29, 1.82) is 0 Å². The molecule has 4 heteroatoms. The summed E-state index contributed by atoms with van der Waals surface area (Å²) in [4.78, 5) is 0. The second-order valence-electron chi connectivity index (χ2n) is 5.38. The van der Waals surface area contributed by atoms with Crippen LogP contribution in [0.1, 0.15) is 31.7 Å². The molecular formula is C15H21BrFNO. The lowest BCUT2D eigenvalue weighted by Gasteiger charge is -2.40. The standard InChI is InChI=1S/C15H21BrFNO/c1-15(8-3-4-9-19-15)13(18-2)10-11-6-5-7-12(17)14(11)16/h5-7,13,18H,3-4,8-10H2,1-2H3. The molecule has 2 unspecified atom stereocenters. The van der Waals surface area contributed by atoms with Gasteiger partial charge in [-0.15, -0.1) is 0 Å². The molecule has 1 aliphatic rings.